The normalized spacial score (nSPS) is 10.8. The zero-order valence-corrected chi connectivity index (χ0v) is 12.5. The van der Waals surface area contributed by atoms with Crippen molar-refractivity contribution < 1.29 is 0 Å². The van der Waals surface area contributed by atoms with E-state index in [1.54, 1.807) is 0 Å². The van der Waals surface area contributed by atoms with E-state index in [1.165, 1.54) is 0 Å². The van der Waals surface area contributed by atoms with E-state index in [9.17, 15) is 0 Å². The Labute approximate surface area is 116 Å². The Morgan fingerprint density at radius 3 is 2.47 bits per heavy atom. The highest BCUT2D eigenvalue weighted by atomic mass is 15.3. The number of rotatable bonds is 8. The molecule has 0 amide bonds. The predicted molar refractivity (Wildman–Crippen MR) is 80.3 cm³/mol. The first-order valence-corrected chi connectivity index (χ1v) is 6.84. The molecule has 3 N–H and O–H groups in total. The van der Waals surface area contributed by atoms with Gasteiger partial charge in [0.1, 0.15) is 17.5 Å². The molecule has 0 unspecified atom stereocenters. The molecule has 0 aliphatic heterocycles. The summed E-state index contributed by atoms with van der Waals surface area (Å²) >= 11 is 0. The number of nitrogens with two attached hydrogens (primary N) is 1. The first-order valence-electron chi connectivity index (χ1n) is 6.84. The number of hydrogen-bond donors (Lipinski definition) is 2. The smallest absolute Gasteiger partial charge is 0.145 e. The van der Waals surface area contributed by atoms with Crippen LogP contribution in [0.3, 0.4) is 0 Å². The molecule has 1 rings (SSSR count). The van der Waals surface area contributed by atoms with Crippen LogP contribution in [-0.2, 0) is 6.42 Å². The summed E-state index contributed by atoms with van der Waals surface area (Å²) in [7, 11) is 4.18. The van der Waals surface area contributed by atoms with Crippen LogP contribution < -0.4 is 16.2 Å². The summed E-state index contributed by atoms with van der Waals surface area (Å²) in [5.41, 5.74) is 2.61. The average molecular weight is 266 g/mol. The summed E-state index contributed by atoms with van der Waals surface area (Å²) in [6, 6.07) is 1.90. The van der Waals surface area contributed by atoms with Gasteiger partial charge in [-0.2, -0.15) is 0 Å². The Morgan fingerprint density at radius 1 is 1.21 bits per heavy atom. The highest BCUT2D eigenvalue weighted by molar-refractivity contribution is 5.48. The first-order chi connectivity index (χ1) is 9.10. The van der Waals surface area contributed by atoms with Crippen molar-refractivity contribution in [1.29, 1.82) is 0 Å². The molecule has 0 saturated heterocycles. The molecule has 0 aliphatic carbocycles. The second kappa shape index (κ2) is 7.91. The van der Waals surface area contributed by atoms with Crippen LogP contribution in [-0.4, -0.2) is 48.6 Å². The number of nitrogens with zero attached hydrogens (tertiary/aromatic N) is 4. The van der Waals surface area contributed by atoms with Gasteiger partial charge in [0.2, 0.25) is 0 Å². The van der Waals surface area contributed by atoms with E-state index in [2.05, 4.69) is 46.2 Å². The topological polar surface area (TPSA) is 70.3 Å². The third kappa shape index (κ3) is 5.00. The van der Waals surface area contributed by atoms with Gasteiger partial charge in [-0.3, -0.25) is 0 Å². The molecule has 0 bridgehead atoms. The maximum atomic E-state index is 5.46. The van der Waals surface area contributed by atoms with Crippen LogP contribution in [0.1, 0.15) is 26.1 Å². The predicted octanol–water partition coefficient (Wildman–Crippen LogP) is 1.10. The lowest BCUT2D eigenvalue weighted by molar-refractivity contribution is 0.400. The minimum absolute atomic E-state index is 0.674. The summed E-state index contributed by atoms with van der Waals surface area (Å²) in [5.74, 6) is 7.89. The third-order valence-electron chi connectivity index (χ3n) is 2.96. The quantitative estimate of drug-likeness (QED) is 0.542. The molecule has 0 spiro atoms. The van der Waals surface area contributed by atoms with Gasteiger partial charge in [0, 0.05) is 25.6 Å². The summed E-state index contributed by atoms with van der Waals surface area (Å²) in [6.45, 7) is 7.17. The lowest BCUT2D eigenvalue weighted by Gasteiger charge is -2.23. The van der Waals surface area contributed by atoms with Crippen molar-refractivity contribution in [1.82, 2.24) is 14.9 Å². The van der Waals surface area contributed by atoms with Crippen LogP contribution >= 0.6 is 0 Å². The van der Waals surface area contributed by atoms with Gasteiger partial charge in [0.15, 0.2) is 0 Å². The summed E-state index contributed by atoms with van der Waals surface area (Å²) in [5, 5.41) is 0. The Kier molecular flexibility index (Phi) is 6.52. The summed E-state index contributed by atoms with van der Waals surface area (Å²) in [4.78, 5) is 13.3. The van der Waals surface area contributed by atoms with Crippen LogP contribution in [0, 0.1) is 0 Å². The lowest BCUT2D eigenvalue weighted by Crippen LogP contribution is -2.28. The average Bonchev–Trinajstić information content (AvgIpc) is 2.42. The monoisotopic (exact) mass is 266 g/mol. The number of aromatic nitrogens is 2. The van der Waals surface area contributed by atoms with E-state index >= 15 is 0 Å². The van der Waals surface area contributed by atoms with E-state index in [1.807, 2.05) is 13.0 Å². The second-order valence-electron chi connectivity index (χ2n) is 4.76. The molecule has 1 aromatic rings. The molecule has 0 saturated carbocycles. The molecule has 6 nitrogen and oxygen atoms in total. The fourth-order valence-corrected chi connectivity index (χ4v) is 1.89. The fourth-order valence-electron chi connectivity index (χ4n) is 1.89. The van der Waals surface area contributed by atoms with E-state index in [0.29, 0.717) is 5.82 Å². The molecular weight excluding hydrogens is 240 g/mol. The Morgan fingerprint density at radius 2 is 1.95 bits per heavy atom. The van der Waals surface area contributed by atoms with Gasteiger partial charge < -0.3 is 15.2 Å². The van der Waals surface area contributed by atoms with Gasteiger partial charge in [-0.15, -0.1) is 0 Å². The number of nitrogens with one attached hydrogen (secondary N) is 1. The molecule has 1 aromatic heterocycles. The molecule has 0 aliphatic rings. The van der Waals surface area contributed by atoms with Gasteiger partial charge in [-0.1, -0.05) is 6.92 Å². The van der Waals surface area contributed by atoms with E-state index in [-0.39, 0.29) is 0 Å². The van der Waals surface area contributed by atoms with Crippen molar-refractivity contribution in [3.8, 4) is 0 Å². The summed E-state index contributed by atoms with van der Waals surface area (Å²) < 4.78 is 0. The maximum absolute atomic E-state index is 5.46. The molecule has 0 atom stereocenters. The summed E-state index contributed by atoms with van der Waals surface area (Å²) in [6.07, 6.45) is 1.91. The first kappa shape index (κ1) is 15.7. The molecule has 19 heavy (non-hydrogen) atoms. The zero-order valence-electron chi connectivity index (χ0n) is 12.5. The van der Waals surface area contributed by atoms with Gasteiger partial charge in [0.25, 0.3) is 0 Å². The van der Waals surface area contributed by atoms with Crippen molar-refractivity contribution >= 4 is 11.6 Å². The minimum atomic E-state index is 0.674. The minimum Gasteiger partial charge on any atom is -0.357 e. The second-order valence-corrected chi connectivity index (χ2v) is 4.76. The van der Waals surface area contributed by atoms with Gasteiger partial charge in [-0.05, 0) is 34.0 Å². The molecule has 108 valence electrons. The highest BCUT2D eigenvalue weighted by Gasteiger charge is 2.09. The largest absolute Gasteiger partial charge is 0.357 e. The SMILES string of the molecule is CCc1nc(NN)cc(N(CC)CCCN(C)C)n1. The Bertz CT molecular complexity index is 357. The number of nitrogen functional groups attached to an aromatic ring is 1. The Hall–Kier alpha value is -1.40. The fraction of sp³-hybridized carbons (Fsp3) is 0.692. The van der Waals surface area contributed by atoms with Gasteiger partial charge in [-0.25, -0.2) is 15.8 Å². The van der Waals surface area contributed by atoms with Crippen molar-refractivity contribution in [3.05, 3.63) is 11.9 Å². The number of hydrogen-bond acceptors (Lipinski definition) is 6. The molecule has 0 radical (unpaired) electrons. The van der Waals surface area contributed by atoms with E-state index < -0.39 is 0 Å². The van der Waals surface area contributed by atoms with E-state index in [0.717, 1.165) is 44.1 Å². The number of aryl methyl sites for hydroxylation is 1. The van der Waals surface area contributed by atoms with Crippen LogP contribution in [0.5, 0.6) is 0 Å². The molecule has 6 heteroatoms. The number of hydrazine groups is 1. The molecule has 0 aromatic carbocycles. The number of anilines is 2. The van der Waals surface area contributed by atoms with Crippen molar-refractivity contribution in [2.24, 2.45) is 5.84 Å². The lowest BCUT2D eigenvalue weighted by atomic mass is 10.3. The van der Waals surface area contributed by atoms with Crippen molar-refractivity contribution in [2.45, 2.75) is 26.7 Å². The molecule has 1 heterocycles. The van der Waals surface area contributed by atoms with Crippen LogP contribution in [0.25, 0.3) is 0 Å². The van der Waals surface area contributed by atoms with Gasteiger partial charge >= 0.3 is 0 Å². The Balaban J connectivity index is 2.78. The van der Waals surface area contributed by atoms with Crippen molar-refractivity contribution in [3.63, 3.8) is 0 Å². The highest BCUT2D eigenvalue weighted by Crippen LogP contribution is 2.16. The van der Waals surface area contributed by atoms with E-state index in [4.69, 9.17) is 5.84 Å². The van der Waals surface area contributed by atoms with Gasteiger partial charge in [0.05, 0.1) is 0 Å². The third-order valence-corrected chi connectivity index (χ3v) is 2.96. The maximum Gasteiger partial charge on any atom is 0.145 e. The zero-order chi connectivity index (χ0) is 14.3. The van der Waals surface area contributed by atoms with Crippen LogP contribution in [0.15, 0.2) is 6.07 Å². The van der Waals surface area contributed by atoms with Crippen molar-refractivity contribution in [2.75, 3.05) is 44.1 Å². The molecule has 0 fully saturated rings. The molecular formula is C13H26N6. The standard InChI is InChI=1S/C13H26N6/c1-5-11-15-12(17-14)10-13(16-11)19(6-2)9-7-8-18(3)4/h10H,5-9,14H2,1-4H3,(H,15,16,17). The van der Waals surface area contributed by atoms with Crippen LogP contribution in [0.2, 0.25) is 0 Å². The van der Waals surface area contributed by atoms with Crippen LogP contribution in [0.4, 0.5) is 11.6 Å².